The van der Waals surface area contributed by atoms with Gasteiger partial charge in [-0.2, -0.15) is 4.98 Å². The number of hydrogen-bond donors (Lipinski definition) is 1. The van der Waals surface area contributed by atoms with Crippen LogP contribution in [0.3, 0.4) is 0 Å². The lowest BCUT2D eigenvalue weighted by Gasteiger charge is -2.05. The number of nitrogens with zero attached hydrogens (tertiary/aromatic N) is 2. The molecule has 0 amide bonds. The normalized spacial score (nSPS) is 10.9. The van der Waals surface area contributed by atoms with Crippen molar-refractivity contribution in [3.8, 4) is 5.75 Å². The van der Waals surface area contributed by atoms with Crippen LogP contribution < -0.4 is 10.5 Å². The molecule has 18 heavy (non-hydrogen) atoms. The monoisotopic (exact) mass is 247 g/mol. The molecule has 2 aromatic rings. The van der Waals surface area contributed by atoms with Crippen LogP contribution >= 0.6 is 0 Å². The van der Waals surface area contributed by atoms with Gasteiger partial charge in [-0.15, -0.1) is 0 Å². The van der Waals surface area contributed by atoms with E-state index in [4.69, 9.17) is 15.0 Å². The van der Waals surface area contributed by atoms with E-state index in [1.165, 1.54) is 0 Å². The maximum absolute atomic E-state index is 5.85. The van der Waals surface area contributed by atoms with Gasteiger partial charge in [-0.05, 0) is 17.7 Å². The van der Waals surface area contributed by atoms with Crippen molar-refractivity contribution in [2.45, 2.75) is 26.2 Å². The smallest absolute Gasteiger partial charge is 0.229 e. The van der Waals surface area contributed by atoms with E-state index in [0.29, 0.717) is 29.6 Å². The molecule has 5 heteroatoms. The summed E-state index contributed by atoms with van der Waals surface area (Å²) >= 11 is 0. The van der Waals surface area contributed by atoms with Gasteiger partial charge in [0.15, 0.2) is 5.82 Å². The molecule has 0 radical (unpaired) electrons. The van der Waals surface area contributed by atoms with Crippen LogP contribution in [-0.2, 0) is 6.42 Å². The fraction of sp³-hybridized carbons (Fsp3) is 0.385. The highest BCUT2D eigenvalue weighted by molar-refractivity contribution is 5.54. The van der Waals surface area contributed by atoms with Gasteiger partial charge in [0.05, 0.1) is 12.8 Å². The predicted octanol–water partition coefficient (Wildman–Crippen LogP) is 2.37. The number of nitrogen functional groups attached to an aromatic ring is 1. The molecule has 1 aromatic heterocycles. The molecule has 0 aliphatic heterocycles. The quantitative estimate of drug-likeness (QED) is 0.839. The second-order valence-corrected chi connectivity index (χ2v) is 4.46. The lowest BCUT2D eigenvalue weighted by Crippen LogP contribution is -1.96. The second kappa shape index (κ2) is 5.08. The number of methoxy groups -OCH3 is 1. The summed E-state index contributed by atoms with van der Waals surface area (Å²) in [7, 11) is 1.60. The summed E-state index contributed by atoms with van der Waals surface area (Å²) in [5, 5.41) is 3.95. The van der Waals surface area contributed by atoms with Crippen molar-refractivity contribution in [2.24, 2.45) is 0 Å². The first-order chi connectivity index (χ1) is 8.60. The third-order valence-electron chi connectivity index (χ3n) is 2.63. The van der Waals surface area contributed by atoms with Crippen LogP contribution in [0.15, 0.2) is 22.7 Å². The van der Waals surface area contributed by atoms with Gasteiger partial charge < -0.3 is 15.0 Å². The molecular formula is C13H17N3O2. The Bertz CT molecular complexity index is 535. The summed E-state index contributed by atoms with van der Waals surface area (Å²) in [6.45, 7) is 4.03. The number of aromatic nitrogens is 2. The number of ether oxygens (including phenoxy) is 1. The maximum atomic E-state index is 5.85. The number of hydrogen-bond acceptors (Lipinski definition) is 5. The molecule has 2 N–H and O–H groups in total. The van der Waals surface area contributed by atoms with Gasteiger partial charge in [0.25, 0.3) is 0 Å². The van der Waals surface area contributed by atoms with Crippen molar-refractivity contribution >= 4 is 5.69 Å². The molecular weight excluding hydrogens is 230 g/mol. The fourth-order valence-corrected chi connectivity index (χ4v) is 1.65. The molecule has 1 aromatic carbocycles. The molecule has 5 nitrogen and oxygen atoms in total. The minimum absolute atomic E-state index is 0.243. The number of rotatable bonds is 4. The number of benzene rings is 1. The Morgan fingerprint density at radius 1 is 1.39 bits per heavy atom. The van der Waals surface area contributed by atoms with Crippen LogP contribution in [0.5, 0.6) is 5.75 Å². The number of nitrogens with two attached hydrogens (primary N) is 1. The van der Waals surface area contributed by atoms with Crippen LogP contribution in [-0.4, -0.2) is 17.3 Å². The van der Waals surface area contributed by atoms with E-state index in [-0.39, 0.29) is 5.92 Å². The van der Waals surface area contributed by atoms with Crippen LogP contribution in [0.1, 0.15) is 37.0 Å². The van der Waals surface area contributed by atoms with Crippen molar-refractivity contribution < 1.29 is 9.26 Å². The van der Waals surface area contributed by atoms with Crippen LogP contribution in [0.25, 0.3) is 0 Å². The van der Waals surface area contributed by atoms with E-state index < -0.39 is 0 Å². The predicted molar refractivity (Wildman–Crippen MR) is 68.6 cm³/mol. The Labute approximate surface area is 106 Å². The van der Waals surface area contributed by atoms with E-state index in [1.807, 2.05) is 32.0 Å². The summed E-state index contributed by atoms with van der Waals surface area (Å²) < 4.78 is 10.3. The summed E-state index contributed by atoms with van der Waals surface area (Å²) in [6, 6.07) is 5.65. The molecule has 0 unspecified atom stereocenters. The summed E-state index contributed by atoms with van der Waals surface area (Å²) in [5.74, 6) is 2.25. The first-order valence-corrected chi connectivity index (χ1v) is 5.85. The highest BCUT2D eigenvalue weighted by Crippen LogP contribution is 2.23. The molecule has 96 valence electrons. The van der Waals surface area contributed by atoms with Gasteiger partial charge in [-0.1, -0.05) is 25.1 Å². The zero-order valence-corrected chi connectivity index (χ0v) is 10.8. The van der Waals surface area contributed by atoms with E-state index in [0.717, 1.165) is 5.56 Å². The van der Waals surface area contributed by atoms with Gasteiger partial charge in [-0.3, -0.25) is 0 Å². The largest absolute Gasteiger partial charge is 0.495 e. The third kappa shape index (κ3) is 2.61. The van der Waals surface area contributed by atoms with Crippen LogP contribution in [0, 0.1) is 0 Å². The molecule has 0 saturated carbocycles. The van der Waals surface area contributed by atoms with Gasteiger partial charge in [0, 0.05) is 12.3 Å². The lowest BCUT2D eigenvalue weighted by molar-refractivity contribution is 0.361. The summed E-state index contributed by atoms with van der Waals surface area (Å²) in [5.41, 5.74) is 7.50. The SMILES string of the molecule is COc1ccc(Cc2noc(C(C)C)n2)cc1N. The molecule has 0 fully saturated rings. The molecule has 0 bridgehead atoms. The zero-order chi connectivity index (χ0) is 13.1. The van der Waals surface area contributed by atoms with Gasteiger partial charge >= 0.3 is 0 Å². The van der Waals surface area contributed by atoms with Crippen molar-refractivity contribution in [3.05, 3.63) is 35.5 Å². The Morgan fingerprint density at radius 2 is 2.17 bits per heavy atom. The van der Waals surface area contributed by atoms with Crippen molar-refractivity contribution in [3.63, 3.8) is 0 Å². The third-order valence-corrected chi connectivity index (χ3v) is 2.63. The molecule has 0 aliphatic carbocycles. The van der Waals surface area contributed by atoms with E-state index in [1.54, 1.807) is 7.11 Å². The number of anilines is 1. The Hall–Kier alpha value is -2.04. The minimum Gasteiger partial charge on any atom is -0.495 e. The van der Waals surface area contributed by atoms with Gasteiger partial charge in [-0.25, -0.2) is 0 Å². The molecule has 2 rings (SSSR count). The standard InChI is InChI=1S/C13H17N3O2/c1-8(2)13-15-12(16-18-13)7-9-4-5-11(17-3)10(14)6-9/h4-6,8H,7,14H2,1-3H3. The Balaban J connectivity index is 2.15. The molecule has 1 heterocycles. The van der Waals surface area contributed by atoms with Crippen molar-refractivity contribution in [1.82, 2.24) is 10.1 Å². The molecule has 0 atom stereocenters. The fourth-order valence-electron chi connectivity index (χ4n) is 1.65. The molecule has 0 saturated heterocycles. The minimum atomic E-state index is 0.243. The molecule has 0 aliphatic rings. The highest BCUT2D eigenvalue weighted by atomic mass is 16.5. The second-order valence-electron chi connectivity index (χ2n) is 4.46. The van der Waals surface area contributed by atoms with Crippen LogP contribution in [0.2, 0.25) is 0 Å². The van der Waals surface area contributed by atoms with Crippen molar-refractivity contribution in [2.75, 3.05) is 12.8 Å². The van der Waals surface area contributed by atoms with E-state index >= 15 is 0 Å². The average Bonchev–Trinajstić information content (AvgIpc) is 2.78. The van der Waals surface area contributed by atoms with Gasteiger partial charge in [0.2, 0.25) is 5.89 Å². The zero-order valence-electron chi connectivity index (χ0n) is 10.8. The summed E-state index contributed by atoms with van der Waals surface area (Å²) in [4.78, 5) is 4.33. The maximum Gasteiger partial charge on any atom is 0.229 e. The van der Waals surface area contributed by atoms with Gasteiger partial charge in [0.1, 0.15) is 5.75 Å². The lowest BCUT2D eigenvalue weighted by atomic mass is 10.1. The van der Waals surface area contributed by atoms with E-state index in [2.05, 4.69) is 10.1 Å². The average molecular weight is 247 g/mol. The highest BCUT2D eigenvalue weighted by Gasteiger charge is 2.10. The van der Waals surface area contributed by atoms with Crippen molar-refractivity contribution in [1.29, 1.82) is 0 Å². The summed E-state index contributed by atoms with van der Waals surface area (Å²) in [6.07, 6.45) is 0.602. The Kier molecular flexibility index (Phi) is 3.50. The topological polar surface area (TPSA) is 74.2 Å². The molecule has 0 spiro atoms. The first-order valence-electron chi connectivity index (χ1n) is 5.85. The van der Waals surface area contributed by atoms with E-state index in [9.17, 15) is 0 Å². The Morgan fingerprint density at radius 3 is 2.72 bits per heavy atom. The van der Waals surface area contributed by atoms with Crippen LogP contribution in [0.4, 0.5) is 5.69 Å². The first kappa shape index (κ1) is 12.4.